The number of nitrogens with one attached hydrogen (secondary N) is 1. The van der Waals surface area contributed by atoms with Gasteiger partial charge in [-0.3, -0.25) is 9.59 Å². The van der Waals surface area contributed by atoms with Gasteiger partial charge in [0.1, 0.15) is 6.04 Å². The maximum absolute atomic E-state index is 12.1. The van der Waals surface area contributed by atoms with Gasteiger partial charge < -0.3 is 20.2 Å². The van der Waals surface area contributed by atoms with Crippen molar-refractivity contribution >= 4 is 17.9 Å². The van der Waals surface area contributed by atoms with Crippen molar-refractivity contribution in [1.29, 1.82) is 0 Å². The van der Waals surface area contributed by atoms with Crippen LogP contribution in [0.3, 0.4) is 0 Å². The summed E-state index contributed by atoms with van der Waals surface area (Å²) in [6.45, 7) is 2.78. The van der Waals surface area contributed by atoms with Gasteiger partial charge in [0.25, 0.3) is 0 Å². The Morgan fingerprint density at radius 3 is 2.47 bits per heavy atom. The number of hydrogen-bond acceptors (Lipinski definition) is 3. The molecule has 3 atom stereocenters. The Hall–Kier alpha value is -1.79. The van der Waals surface area contributed by atoms with Gasteiger partial charge in [-0.2, -0.15) is 0 Å². The van der Waals surface area contributed by atoms with Crippen LogP contribution in [-0.4, -0.2) is 65.0 Å². The molecular formula is C12H19N3O4. The van der Waals surface area contributed by atoms with Crippen LogP contribution in [0.4, 0.5) is 4.79 Å². The normalized spacial score (nSPS) is 30.8. The molecule has 2 heterocycles. The molecule has 0 aromatic rings. The van der Waals surface area contributed by atoms with E-state index in [0.29, 0.717) is 25.9 Å². The van der Waals surface area contributed by atoms with E-state index >= 15 is 0 Å². The van der Waals surface area contributed by atoms with Crippen molar-refractivity contribution in [1.82, 2.24) is 15.1 Å². The van der Waals surface area contributed by atoms with E-state index in [2.05, 4.69) is 5.32 Å². The summed E-state index contributed by atoms with van der Waals surface area (Å²) in [6.07, 6.45) is 1.06. The zero-order valence-electron chi connectivity index (χ0n) is 11.1. The van der Waals surface area contributed by atoms with Gasteiger partial charge in [-0.25, -0.2) is 4.79 Å². The predicted octanol–water partition coefficient (Wildman–Crippen LogP) is -0.278. The monoisotopic (exact) mass is 269 g/mol. The van der Waals surface area contributed by atoms with Gasteiger partial charge in [0, 0.05) is 26.2 Å². The molecule has 0 aliphatic carbocycles. The molecule has 2 rings (SSSR count). The zero-order chi connectivity index (χ0) is 14.2. The highest BCUT2D eigenvalue weighted by Crippen LogP contribution is 2.24. The van der Waals surface area contributed by atoms with Crippen LogP contribution in [0.5, 0.6) is 0 Å². The van der Waals surface area contributed by atoms with Crippen LogP contribution in [0.2, 0.25) is 0 Å². The number of amides is 3. The quantitative estimate of drug-likeness (QED) is 0.721. The number of carboxylic acids is 1. The Morgan fingerprint density at radius 1 is 1.32 bits per heavy atom. The molecule has 2 aliphatic heterocycles. The molecule has 106 valence electrons. The first-order chi connectivity index (χ1) is 8.91. The number of aliphatic carboxylic acids is 1. The maximum atomic E-state index is 12.1. The molecule has 0 aromatic carbocycles. The van der Waals surface area contributed by atoms with E-state index in [-0.39, 0.29) is 18.0 Å². The van der Waals surface area contributed by atoms with Crippen molar-refractivity contribution in [2.75, 3.05) is 20.1 Å². The highest BCUT2D eigenvalue weighted by molar-refractivity contribution is 5.89. The second-order valence-electron chi connectivity index (χ2n) is 5.22. The Bertz CT molecular complexity index is 412. The number of carbonyl (C=O) groups is 3. The first-order valence-electron chi connectivity index (χ1n) is 6.46. The molecular weight excluding hydrogens is 250 g/mol. The molecule has 0 radical (unpaired) electrons. The summed E-state index contributed by atoms with van der Waals surface area (Å²) in [5.74, 6) is -1.48. The molecule has 7 heteroatoms. The van der Waals surface area contributed by atoms with Gasteiger partial charge >= 0.3 is 12.0 Å². The summed E-state index contributed by atoms with van der Waals surface area (Å²) in [5.41, 5.74) is 0. The second-order valence-corrected chi connectivity index (χ2v) is 5.22. The summed E-state index contributed by atoms with van der Waals surface area (Å²) in [5, 5.41) is 11.7. The number of carbonyl (C=O) groups excluding carboxylic acids is 2. The molecule has 0 spiro atoms. The summed E-state index contributed by atoms with van der Waals surface area (Å²) in [7, 11) is 1.70. The van der Waals surface area contributed by atoms with E-state index in [1.165, 1.54) is 4.90 Å². The van der Waals surface area contributed by atoms with Gasteiger partial charge in [0.15, 0.2) is 0 Å². The lowest BCUT2D eigenvalue weighted by molar-refractivity contribution is -0.142. The van der Waals surface area contributed by atoms with E-state index in [1.807, 2.05) is 0 Å². The van der Waals surface area contributed by atoms with Crippen molar-refractivity contribution in [2.45, 2.75) is 31.8 Å². The Balaban J connectivity index is 1.94. The van der Waals surface area contributed by atoms with Crippen LogP contribution >= 0.6 is 0 Å². The highest BCUT2D eigenvalue weighted by atomic mass is 16.4. The molecule has 19 heavy (non-hydrogen) atoms. The van der Waals surface area contributed by atoms with E-state index in [9.17, 15) is 14.4 Å². The fourth-order valence-electron chi connectivity index (χ4n) is 2.74. The van der Waals surface area contributed by atoms with Crippen molar-refractivity contribution in [3.8, 4) is 0 Å². The van der Waals surface area contributed by atoms with Crippen LogP contribution < -0.4 is 5.32 Å². The van der Waals surface area contributed by atoms with Gasteiger partial charge in [0.2, 0.25) is 5.91 Å². The summed E-state index contributed by atoms with van der Waals surface area (Å²) in [4.78, 5) is 37.9. The lowest BCUT2D eigenvalue weighted by Gasteiger charge is -2.25. The first kappa shape index (κ1) is 13.6. The van der Waals surface area contributed by atoms with Gasteiger partial charge in [-0.15, -0.1) is 0 Å². The molecule has 7 nitrogen and oxygen atoms in total. The number of likely N-dealkylation sites (N-methyl/N-ethyl adjacent to an activating group) is 1. The third-order valence-electron chi connectivity index (χ3n) is 4.06. The molecule has 2 aliphatic rings. The number of nitrogens with zero attached hydrogens (tertiary/aromatic N) is 2. The molecule has 3 amide bonds. The fourth-order valence-corrected chi connectivity index (χ4v) is 2.74. The Labute approximate surface area is 111 Å². The lowest BCUT2D eigenvalue weighted by atomic mass is 10.0. The zero-order valence-corrected chi connectivity index (χ0v) is 11.1. The summed E-state index contributed by atoms with van der Waals surface area (Å²) in [6, 6.07) is -1.16. The molecule has 3 unspecified atom stereocenters. The third-order valence-corrected chi connectivity index (χ3v) is 4.06. The topological polar surface area (TPSA) is 89.9 Å². The fraction of sp³-hybridized carbons (Fsp3) is 0.750. The van der Waals surface area contributed by atoms with Crippen LogP contribution in [0.25, 0.3) is 0 Å². The maximum Gasteiger partial charge on any atom is 0.318 e. The predicted molar refractivity (Wildman–Crippen MR) is 66.5 cm³/mol. The van der Waals surface area contributed by atoms with Crippen molar-refractivity contribution < 1.29 is 19.5 Å². The van der Waals surface area contributed by atoms with Gasteiger partial charge in [-0.05, 0) is 19.8 Å². The first-order valence-corrected chi connectivity index (χ1v) is 6.46. The van der Waals surface area contributed by atoms with Crippen molar-refractivity contribution in [3.05, 3.63) is 0 Å². The molecule has 0 bridgehead atoms. The van der Waals surface area contributed by atoms with Crippen LogP contribution in [0, 0.1) is 5.92 Å². The number of rotatable bonds is 2. The van der Waals surface area contributed by atoms with Gasteiger partial charge in [-0.1, -0.05) is 0 Å². The number of carboxylic acid groups (broad SMARTS) is 1. The molecule has 2 N–H and O–H groups in total. The lowest BCUT2D eigenvalue weighted by Crippen LogP contribution is -2.49. The SMILES string of the molecule is CC1C(C(=O)O)CCN1C(=O)NC1CCN(C)C1=O. The summed E-state index contributed by atoms with van der Waals surface area (Å²) >= 11 is 0. The number of hydrogen-bond donors (Lipinski definition) is 2. The third kappa shape index (κ3) is 2.50. The van der Waals surface area contributed by atoms with Crippen LogP contribution in [0.15, 0.2) is 0 Å². The average molecular weight is 269 g/mol. The number of urea groups is 1. The van der Waals surface area contributed by atoms with E-state index in [4.69, 9.17) is 5.11 Å². The minimum Gasteiger partial charge on any atom is -0.481 e. The minimum atomic E-state index is -0.875. The smallest absolute Gasteiger partial charge is 0.318 e. The second kappa shape index (κ2) is 5.07. The van der Waals surface area contributed by atoms with Crippen LogP contribution in [-0.2, 0) is 9.59 Å². The summed E-state index contributed by atoms with van der Waals surface area (Å²) < 4.78 is 0. The van der Waals surface area contributed by atoms with Crippen molar-refractivity contribution in [2.24, 2.45) is 5.92 Å². The molecule has 2 saturated heterocycles. The van der Waals surface area contributed by atoms with E-state index in [0.717, 1.165) is 0 Å². The minimum absolute atomic E-state index is 0.0880. The highest BCUT2D eigenvalue weighted by Gasteiger charge is 2.40. The molecule has 0 aromatic heterocycles. The Kier molecular flexibility index (Phi) is 3.64. The number of likely N-dealkylation sites (tertiary alicyclic amines) is 2. The largest absolute Gasteiger partial charge is 0.481 e. The van der Waals surface area contributed by atoms with E-state index < -0.39 is 17.9 Å². The molecule has 0 saturated carbocycles. The van der Waals surface area contributed by atoms with Gasteiger partial charge in [0.05, 0.1) is 5.92 Å². The van der Waals surface area contributed by atoms with Crippen LogP contribution in [0.1, 0.15) is 19.8 Å². The average Bonchev–Trinajstić information content (AvgIpc) is 2.87. The van der Waals surface area contributed by atoms with E-state index in [1.54, 1.807) is 18.9 Å². The molecule has 2 fully saturated rings. The van der Waals surface area contributed by atoms with Crippen molar-refractivity contribution in [3.63, 3.8) is 0 Å². The Morgan fingerprint density at radius 2 is 2.00 bits per heavy atom. The standard InChI is InChI=1S/C12H19N3O4/c1-7-8(11(17)18)3-6-15(7)12(19)13-9-4-5-14(2)10(9)16/h7-9H,3-6H2,1-2H3,(H,13,19)(H,17,18).